The molecule has 1 amide bonds. The van der Waals surface area contributed by atoms with Crippen molar-refractivity contribution in [2.75, 3.05) is 5.75 Å². The lowest BCUT2D eigenvalue weighted by molar-refractivity contribution is 0.0879. The van der Waals surface area contributed by atoms with Crippen molar-refractivity contribution in [3.8, 4) is 0 Å². The molecule has 1 N–H and O–H groups in total. The fourth-order valence-electron chi connectivity index (χ4n) is 3.86. The Labute approximate surface area is 176 Å². The van der Waals surface area contributed by atoms with Gasteiger partial charge in [0.25, 0.3) is 5.91 Å². The lowest BCUT2D eigenvalue weighted by Crippen LogP contribution is -2.46. The molecule has 1 atom stereocenters. The summed E-state index contributed by atoms with van der Waals surface area (Å²) in [5, 5.41) is 7.07. The molecular weight excluding hydrogens is 404 g/mol. The molecule has 0 saturated heterocycles. The number of carbonyl (C=O) groups excluding carboxylic acids is 1. The van der Waals surface area contributed by atoms with Crippen LogP contribution in [0.3, 0.4) is 0 Å². The molecule has 8 nitrogen and oxygen atoms in total. The summed E-state index contributed by atoms with van der Waals surface area (Å²) in [4.78, 5) is 21.8. The molecule has 9 heteroatoms. The number of aromatic nitrogens is 3. The van der Waals surface area contributed by atoms with Gasteiger partial charge in [0, 0.05) is 6.92 Å². The van der Waals surface area contributed by atoms with Gasteiger partial charge in [-0.1, -0.05) is 25.1 Å². The van der Waals surface area contributed by atoms with Crippen LogP contribution < -0.4 is 5.32 Å². The molecule has 0 bridgehead atoms. The number of aryl methyl sites for hydroxylation is 1. The molecule has 2 aliphatic rings. The van der Waals surface area contributed by atoms with Crippen molar-refractivity contribution in [1.29, 1.82) is 0 Å². The molecule has 162 valence electrons. The maximum absolute atomic E-state index is 13.1. The highest BCUT2D eigenvalue weighted by atomic mass is 32.2. The molecule has 0 aromatic carbocycles. The van der Waals surface area contributed by atoms with Gasteiger partial charge in [-0.05, 0) is 62.0 Å². The van der Waals surface area contributed by atoms with Gasteiger partial charge in [0.15, 0.2) is 20.7 Å². The Balaban J connectivity index is 1.66. The van der Waals surface area contributed by atoms with Crippen LogP contribution in [0, 0.1) is 18.8 Å². The maximum Gasteiger partial charge on any atom is 0.270 e. The van der Waals surface area contributed by atoms with Crippen LogP contribution in [0.5, 0.6) is 0 Å². The SMILES string of the molecule is Cc1nc([C@](C)(NC(=O)c2ccc(C3CC3)c(S(=O)(=O)CC(C)C)n2)C2CC2)no1. The lowest BCUT2D eigenvalue weighted by Gasteiger charge is -2.27. The molecular formula is C21H28N4O4S. The molecule has 0 radical (unpaired) electrons. The number of hydrogen-bond donors (Lipinski definition) is 1. The highest BCUT2D eigenvalue weighted by Crippen LogP contribution is 2.45. The number of carbonyl (C=O) groups is 1. The van der Waals surface area contributed by atoms with Crippen molar-refractivity contribution in [1.82, 2.24) is 20.4 Å². The van der Waals surface area contributed by atoms with E-state index in [2.05, 4.69) is 20.4 Å². The van der Waals surface area contributed by atoms with Gasteiger partial charge in [-0.3, -0.25) is 4.79 Å². The van der Waals surface area contributed by atoms with Crippen molar-refractivity contribution in [2.45, 2.75) is 69.9 Å². The molecule has 4 rings (SSSR count). The zero-order valence-electron chi connectivity index (χ0n) is 17.8. The molecule has 2 saturated carbocycles. The quantitative estimate of drug-likeness (QED) is 0.681. The van der Waals surface area contributed by atoms with Gasteiger partial charge in [-0.25, -0.2) is 13.4 Å². The summed E-state index contributed by atoms with van der Waals surface area (Å²) in [6.07, 6.45) is 3.81. The number of hydrogen-bond acceptors (Lipinski definition) is 7. The first-order valence-electron chi connectivity index (χ1n) is 10.5. The van der Waals surface area contributed by atoms with Crippen LogP contribution in [0.15, 0.2) is 21.7 Å². The van der Waals surface area contributed by atoms with Crippen LogP contribution in [0.1, 0.15) is 80.1 Å². The second-order valence-corrected chi connectivity index (χ2v) is 11.1. The fourth-order valence-corrected chi connectivity index (χ4v) is 5.73. The third-order valence-electron chi connectivity index (χ3n) is 5.75. The molecule has 30 heavy (non-hydrogen) atoms. The average molecular weight is 433 g/mol. The third kappa shape index (κ3) is 4.12. The minimum absolute atomic E-state index is 0.00666. The number of pyridine rings is 1. The molecule has 0 spiro atoms. The Morgan fingerprint density at radius 2 is 1.93 bits per heavy atom. The normalized spacial score (nSPS) is 19.0. The van der Waals surface area contributed by atoms with E-state index in [1.54, 1.807) is 19.1 Å². The first-order chi connectivity index (χ1) is 14.1. The number of amides is 1. The van der Waals surface area contributed by atoms with E-state index in [0.717, 1.165) is 31.2 Å². The zero-order valence-corrected chi connectivity index (χ0v) is 18.6. The van der Waals surface area contributed by atoms with Crippen LogP contribution >= 0.6 is 0 Å². The fraction of sp³-hybridized carbons (Fsp3) is 0.619. The molecule has 0 unspecified atom stereocenters. The van der Waals surface area contributed by atoms with Crippen LogP contribution in [0.2, 0.25) is 0 Å². The van der Waals surface area contributed by atoms with Gasteiger partial charge in [0.05, 0.1) is 5.75 Å². The Hall–Kier alpha value is -2.29. The minimum Gasteiger partial charge on any atom is -0.340 e. The Morgan fingerprint density at radius 3 is 2.47 bits per heavy atom. The summed E-state index contributed by atoms with van der Waals surface area (Å²) in [5.74, 6) is 0.820. The minimum atomic E-state index is -3.58. The second kappa shape index (κ2) is 7.44. The van der Waals surface area contributed by atoms with Crippen molar-refractivity contribution >= 4 is 15.7 Å². The Kier molecular flexibility index (Phi) is 5.20. The third-order valence-corrected chi connectivity index (χ3v) is 7.77. The number of sulfone groups is 1. The van der Waals surface area contributed by atoms with Gasteiger partial charge in [0.1, 0.15) is 11.2 Å². The van der Waals surface area contributed by atoms with Gasteiger partial charge >= 0.3 is 0 Å². The van der Waals surface area contributed by atoms with Crippen LogP contribution in [0.25, 0.3) is 0 Å². The van der Waals surface area contributed by atoms with Gasteiger partial charge in [-0.2, -0.15) is 4.98 Å². The molecule has 2 fully saturated rings. The van der Waals surface area contributed by atoms with Crippen molar-refractivity contribution < 1.29 is 17.7 Å². The zero-order chi connectivity index (χ0) is 21.7. The van der Waals surface area contributed by atoms with Crippen molar-refractivity contribution in [3.05, 3.63) is 35.1 Å². The predicted molar refractivity (Wildman–Crippen MR) is 110 cm³/mol. The van der Waals surface area contributed by atoms with Gasteiger partial charge in [0.2, 0.25) is 5.89 Å². The highest BCUT2D eigenvalue weighted by molar-refractivity contribution is 7.91. The predicted octanol–water partition coefficient (Wildman–Crippen LogP) is 3.14. The van der Waals surface area contributed by atoms with E-state index in [9.17, 15) is 13.2 Å². The first-order valence-corrected chi connectivity index (χ1v) is 12.1. The number of nitrogens with zero attached hydrogens (tertiary/aromatic N) is 3. The van der Waals surface area contributed by atoms with Crippen molar-refractivity contribution in [2.24, 2.45) is 11.8 Å². The number of rotatable bonds is 8. The Bertz CT molecular complexity index is 1070. The van der Waals surface area contributed by atoms with E-state index in [0.29, 0.717) is 11.7 Å². The molecule has 2 aromatic heterocycles. The van der Waals surface area contributed by atoms with E-state index in [-0.39, 0.29) is 34.2 Å². The smallest absolute Gasteiger partial charge is 0.270 e. The van der Waals surface area contributed by atoms with E-state index in [4.69, 9.17) is 4.52 Å². The van der Waals surface area contributed by atoms with Gasteiger partial charge in [-0.15, -0.1) is 0 Å². The first kappa shape index (κ1) is 21.0. The lowest BCUT2D eigenvalue weighted by atomic mass is 9.94. The number of nitrogens with one attached hydrogen (secondary N) is 1. The average Bonchev–Trinajstić information content (AvgIpc) is 3.58. The topological polar surface area (TPSA) is 115 Å². The summed E-state index contributed by atoms with van der Waals surface area (Å²) in [6, 6.07) is 3.37. The summed E-state index contributed by atoms with van der Waals surface area (Å²) in [5.41, 5.74) is 0.0302. The van der Waals surface area contributed by atoms with Crippen LogP contribution in [-0.2, 0) is 15.4 Å². The summed E-state index contributed by atoms with van der Waals surface area (Å²) in [7, 11) is -3.58. The summed E-state index contributed by atoms with van der Waals surface area (Å²) in [6.45, 7) is 7.30. The van der Waals surface area contributed by atoms with Crippen molar-refractivity contribution in [3.63, 3.8) is 0 Å². The summed E-state index contributed by atoms with van der Waals surface area (Å²) < 4.78 is 31.1. The van der Waals surface area contributed by atoms with Crippen LogP contribution in [-0.4, -0.2) is 35.2 Å². The molecule has 2 aromatic rings. The summed E-state index contributed by atoms with van der Waals surface area (Å²) >= 11 is 0. The van der Waals surface area contributed by atoms with Gasteiger partial charge < -0.3 is 9.84 Å². The largest absolute Gasteiger partial charge is 0.340 e. The van der Waals surface area contributed by atoms with Crippen LogP contribution in [0.4, 0.5) is 0 Å². The second-order valence-electron chi connectivity index (χ2n) is 9.11. The maximum atomic E-state index is 13.1. The Morgan fingerprint density at radius 1 is 1.23 bits per heavy atom. The van der Waals surface area contributed by atoms with E-state index < -0.39 is 21.3 Å². The van der Waals surface area contributed by atoms with E-state index in [1.807, 2.05) is 20.8 Å². The molecule has 0 aliphatic heterocycles. The molecule has 2 heterocycles. The highest BCUT2D eigenvalue weighted by Gasteiger charge is 2.47. The van der Waals surface area contributed by atoms with E-state index in [1.165, 1.54) is 0 Å². The monoisotopic (exact) mass is 432 g/mol. The standard InChI is InChI=1S/C21H28N4O4S/c1-12(2)11-30(27,28)19-16(14-5-6-14)9-10-17(23-19)18(26)24-21(4,15-7-8-15)20-22-13(3)29-25-20/h9-10,12,14-15H,5-8,11H2,1-4H3,(H,24,26)/t21-/m1/s1. The van der Waals surface area contributed by atoms with E-state index >= 15 is 0 Å². The molecule has 2 aliphatic carbocycles.